The highest BCUT2D eigenvalue weighted by Crippen LogP contribution is 2.37. The molecule has 7 nitrogen and oxygen atoms in total. The van der Waals surface area contributed by atoms with Gasteiger partial charge in [0.2, 0.25) is 0 Å². The minimum Gasteiger partial charge on any atom is -0.477 e. The number of nitrogen functional groups attached to an aromatic ring is 1. The number of thiophene rings is 1. The molecule has 0 saturated carbocycles. The molecule has 3 rings (SSSR count). The van der Waals surface area contributed by atoms with Gasteiger partial charge in [-0.3, -0.25) is 0 Å². The quantitative estimate of drug-likeness (QED) is 0.583. The maximum absolute atomic E-state index is 11.4. The second kappa shape index (κ2) is 8.20. The zero-order chi connectivity index (χ0) is 18.7. The van der Waals surface area contributed by atoms with Crippen molar-refractivity contribution in [3.05, 3.63) is 16.5 Å². The number of fused-ring (bicyclic) bond motifs is 1. The predicted octanol–water partition coefficient (Wildman–Crippen LogP) is 2.08. The van der Waals surface area contributed by atoms with Crippen molar-refractivity contribution in [3.63, 3.8) is 0 Å². The molecule has 5 N–H and O–H groups in total. The Morgan fingerprint density at radius 3 is 2.81 bits per heavy atom. The molecule has 142 valence electrons. The molecule has 0 bridgehead atoms. The second-order valence-electron chi connectivity index (χ2n) is 6.66. The number of aliphatic hydroxyl groups excluding tert-OH is 1. The summed E-state index contributed by atoms with van der Waals surface area (Å²) in [7, 11) is 0. The van der Waals surface area contributed by atoms with E-state index in [-0.39, 0.29) is 11.5 Å². The average molecular weight is 378 g/mol. The van der Waals surface area contributed by atoms with Crippen LogP contribution in [-0.4, -0.2) is 53.4 Å². The van der Waals surface area contributed by atoms with Gasteiger partial charge in [0.15, 0.2) is 0 Å². The Morgan fingerprint density at radius 2 is 2.19 bits per heavy atom. The molecule has 0 spiro atoms. The SMILES string of the molecule is CCCc1cc(N2CCC(NCCO)CC2)nc2sc(C(=O)O)c(N)c12. The number of piperidine rings is 1. The van der Waals surface area contributed by atoms with Gasteiger partial charge in [-0.1, -0.05) is 13.3 Å². The first-order valence-corrected chi connectivity index (χ1v) is 9.91. The lowest BCUT2D eigenvalue weighted by atomic mass is 10.0. The van der Waals surface area contributed by atoms with Gasteiger partial charge in [-0.2, -0.15) is 0 Å². The standard InChI is InChI=1S/C18H26N4O3S/c1-2-3-11-10-13(22-7-4-12(5-8-22)20-6-9-23)21-17-14(11)15(19)16(26-17)18(24)25/h10,12,20,23H,2-9,19H2,1H3,(H,24,25). The lowest BCUT2D eigenvalue weighted by molar-refractivity contribution is 0.0703. The van der Waals surface area contributed by atoms with Gasteiger partial charge in [-0.05, 0) is 30.9 Å². The summed E-state index contributed by atoms with van der Waals surface area (Å²) in [6.07, 6.45) is 3.80. The molecule has 0 amide bonds. The van der Waals surface area contributed by atoms with E-state index in [1.54, 1.807) is 0 Å². The molecule has 0 aliphatic carbocycles. The Hall–Kier alpha value is -1.90. The van der Waals surface area contributed by atoms with E-state index < -0.39 is 5.97 Å². The van der Waals surface area contributed by atoms with Crippen LogP contribution in [0.2, 0.25) is 0 Å². The Balaban J connectivity index is 1.89. The highest BCUT2D eigenvalue weighted by molar-refractivity contribution is 7.21. The van der Waals surface area contributed by atoms with Gasteiger partial charge < -0.3 is 26.2 Å². The number of carboxylic acid groups (broad SMARTS) is 1. The van der Waals surface area contributed by atoms with Crippen LogP contribution in [0.15, 0.2) is 6.07 Å². The summed E-state index contributed by atoms with van der Waals surface area (Å²) in [5.74, 6) is -0.0926. The van der Waals surface area contributed by atoms with Gasteiger partial charge in [-0.25, -0.2) is 9.78 Å². The van der Waals surface area contributed by atoms with Crippen LogP contribution in [0.3, 0.4) is 0 Å². The van der Waals surface area contributed by atoms with Crippen LogP contribution in [-0.2, 0) is 6.42 Å². The molecule has 0 atom stereocenters. The smallest absolute Gasteiger partial charge is 0.348 e. The topological polar surface area (TPSA) is 112 Å². The van der Waals surface area contributed by atoms with Crippen molar-refractivity contribution >= 4 is 39.0 Å². The van der Waals surface area contributed by atoms with Crippen LogP contribution in [0.5, 0.6) is 0 Å². The average Bonchev–Trinajstić information content (AvgIpc) is 2.98. The summed E-state index contributed by atoms with van der Waals surface area (Å²) < 4.78 is 0. The third-order valence-corrected chi connectivity index (χ3v) is 5.93. The van der Waals surface area contributed by atoms with Gasteiger partial charge in [0.25, 0.3) is 0 Å². The highest BCUT2D eigenvalue weighted by Gasteiger charge is 2.23. The summed E-state index contributed by atoms with van der Waals surface area (Å²) in [6.45, 7) is 4.66. The number of nitrogens with two attached hydrogens (primary N) is 1. The third-order valence-electron chi connectivity index (χ3n) is 4.84. The maximum atomic E-state index is 11.4. The van der Waals surface area contributed by atoms with Crippen LogP contribution >= 0.6 is 11.3 Å². The predicted molar refractivity (Wildman–Crippen MR) is 105 cm³/mol. The first-order valence-electron chi connectivity index (χ1n) is 9.09. The molecule has 1 saturated heterocycles. The van der Waals surface area contributed by atoms with Crippen molar-refractivity contribution in [2.75, 3.05) is 36.9 Å². The van der Waals surface area contributed by atoms with Crippen molar-refractivity contribution in [2.24, 2.45) is 0 Å². The largest absolute Gasteiger partial charge is 0.477 e. The number of carboxylic acids is 1. The molecule has 1 fully saturated rings. The van der Waals surface area contributed by atoms with E-state index in [9.17, 15) is 9.90 Å². The summed E-state index contributed by atoms with van der Waals surface area (Å²) in [4.78, 5) is 19.3. The number of pyridine rings is 1. The number of nitrogens with zero attached hydrogens (tertiary/aromatic N) is 2. The third kappa shape index (κ3) is 3.77. The molecule has 0 unspecified atom stereocenters. The molecule has 3 heterocycles. The van der Waals surface area contributed by atoms with E-state index in [1.165, 1.54) is 0 Å². The Bertz CT molecular complexity index is 784. The number of rotatable bonds is 7. The van der Waals surface area contributed by atoms with Crippen LogP contribution in [0.4, 0.5) is 11.5 Å². The van der Waals surface area contributed by atoms with Crippen LogP contribution in [0.25, 0.3) is 10.2 Å². The van der Waals surface area contributed by atoms with Gasteiger partial charge in [0, 0.05) is 31.1 Å². The van der Waals surface area contributed by atoms with E-state index in [4.69, 9.17) is 15.8 Å². The zero-order valence-electron chi connectivity index (χ0n) is 15.0. The normalized spacial score (nSPS) is 15.7. The molecule has 0 aromatic carbocycles. The Kier molecular flexibility index (Phi) is 5.95. The van der Waals surface area contributed by atoms with Crippen molar-refractivity contribution in [1.82, 2.24) is 10.3 Å². The number of aliphatic hydroxyl groups is 1. The van der Waals surface area contributed by atoms with Gasteiger partial charge in [-0.15, -0.1) is 11.3 Å². The highest BCUT2D eigenvalue weighted by atomic mass is 32.1. The fourth-order valence-electron chi connectivity index (χ4n) is 3.55. The number of anilines is 2. The van der Waals surface area contributed by atoms with Gasteiger partial charge >= 0.3 is 5.97 Å². The van der Waals surface area contributed by atoms with Gasteiger partial charge in [0.05, 0.1) is 12.3 Å². The van der Waals surface area contributed by atoms with Crippen LogP contribution < -0.4 is 16.0 Å². The van der Waals surface area contributed by atoms with E-state index >= 15 is 0 Å². The van der Waals surface area contributed by atoms with E-state index in [0.717, 1.165) is 66.9 Å². The van der Waals surface area contributed by atoms with Crippen molar-refractivity contribution < 1.29 is 15.0 Å². The summed E-state index contributed by atoms with van der Waals surface area (Å²) in [6, 6.07) is 2.50. The second-order valence-corrected chi connectivity index (χ2v) is 7.66. The van der Waals surface area contributed by atoms with Gasteiger partial charge in [0.1, 0.15) is 15.5 Å². The summed E-state index contributed by atoms with van der Waals surface area (Å²) in [5, 5.41) is 22.5. The number of aromatic nitrogens is 1. The fourth-order valence-corrected chi connectivity index (χ4v) is 4.53. The van der Waals surface area contributed by atoms with E-state index in [1.807, 2.05) is 0 Å². The van der Waals surface area contributed by atoms with E-state index in [2.05, 4.69) is 23.2 Å². The fraction of sp³-hybridized carbons (Fsp3) is 0.556. The molecule has 1 aliphatic rings. The summed E-state index contributed by atoms with van der Waals surface area (Å²) in [5.41, 5.74) is 7.53. The molecule has 2 aromatic rings. The number of nitrogens with one attached hydrogen (secondary N) is 1. The molecular formula is C18H26N4O3S. The van der Waals surface area contributed by atoms with Crippen molar-refractivity contribution in [1.29, 1.82) is 0 Å². The molecule has 8 heteroatoms. The van der Waals surface area contributed by atoms with E-state index in [0.29, 0.717) is 23.1 Å². The number of aromatic carboxylic acids is 1. The minimum absolute atomic E-state index is 0.157. The summed E-state index contributed by atoms with van der Waals surface area (Å²) >= 11 is 1.16. The number of hydrogen-bond acceptors (Lipinski definition) is 7. The van der Waals surface area contributed by atoms with Crippen LogP contribution in [0.1, 0.15) is 41.4 Å². The molecule has 1 aliphatic heterocycles. The van der Waals surface area contributed by atoms with Crippen molar-refractivity contribution in [2.45, 2.75) is 38.6 Å². The first kappa shape index (κ1) is 18.9. The zero-order valence-corrected chi connectivity index (χ0v) is 15.8. The Morgan fingerprint density at radius 1 is 1.46 bits per heavy atom. The number of aryl methyl sites for hydroxylation is 1. The lowest BCUT2D eigenvalue weighted by Gasteiger charge is -2.33. The van der Waals surface area contributed by atoms with Crippen LogP contribution in [0, 0.1) is 0 Å². The van der Waals surface area contributed by atoms with Crippen molar-refractivity contribution in [3.8, 4) is 0 Å². The maximum Gasteiger partial charge on any atom is 0.348 e. The number of carbonyl (C=O) groups is 1. The Labute approximate surface area is 156 Å². The molecular weight excluding hydrogens is 352 g/mol. The first-order chi connectivity index (χ1) is 12.5. The monoisotopic (exact) mass is 378 g/mol. The molecule has 0 radical (unpaired) electrons. The molecule has 26 heavy (non-hydrogen) atoms. The number of hydrogen-bond donors (Lipinski definition) is 4. The lowest BCUT2D eigenvalue weighted by Crippen LogP contribution is -2.43. The minimum atomic E-state index is -0.995. The molecule has 2 aromatic heterocycles.